The van der Waals surface area contributed by atoms with Crippen LogP contribution in [0.3, 0.4) is 0 Å². The Morgan fingerprint density at radius 2 is 1.90 bits per heavy atom. The standard InChI is InChI=1S/C16H21N3O/c1-11(2)16-18-10-15(14(19-16)9-17-4)20-13-7-5-12(3)6-8-13/h5-8,10-11,17H,9H2,1-4H3. The number of nitrogens with one attached hydrogen (secondary N) is 1. The molecule has 20 heavy (non-hydrogen) atoms. The molecule has 1 aromatic heterocycles. The van der Waals surface area contributed by atoms with E-state index < -0.39 is 0 Å². The zero-order valence-corrected chi connectivity index (χ0v) is 12.5. The van der Waals surface area contributed by atoms with Crippen molar-refractivity contribution < 1.29 is 4.74 Å². The average molecular weight is 271 g/mol. The first-order valence-electron chi connectivity index (χ1n) is 6.85. The van der Waals surface area contributed by atoms with Crippen molar-refractivity contribution in [1.82, 2.24) is 15.3 Å². The summed E-state index contributed by atoms with van der Waals surface area (Å²) < 4.78 is 5.89. The molecule has 4 heteroatoms. The highest BCUT2D eigenvalue weighted by Crippen LogP contribution is 2.25. The number of hydrogen-bond acceptors (Lipinski definition) is 4. The lowest BCUT2D eigenvalue weighted by atomic mass is 10.2. The predicted molar refractivity (Wildman–Crippen MR) is 80.1 cm³/mol. The van der Waals surface area contributed by atoms with Crippen LogP contribution in [0.4, 0.5) is 0 Å². The lowest BCUT2D eigenvalue weighted by molar-refractivity contribution is 0.464. The van der Waals surface area contributed by atoms with Crippen LogP contribution < -0.4 is 10.1 Å². The van der Waals surface area contributed by atoms with Gasteiger partial charge in [0.1, 0.15) is 17.3 Å². The zero-order chi connectivity index (χ0) is 14.5. The van der Waals surface area contributed by atoms with E-state index in [0.29, 0.717) is 18.2 Å². The number of ether oxygens (including phenoxy) is 1. The van der Waals surface area contributed by atoms with Crippen molar-refractivity contribution in [2.45, 2.75) is 33.2 Å². The van der Waals surface area contributed by atoms with E-state index in [-0.39, 0.29) is 0 Å². The third kappa shape index (κ3) is 3.54. The summed E-state index contributed by atoms with van der Waals surface area (Å²) in [7, 11) is 1.90. The first-order chi connectivity index (χ1) is 9.60. The summed E-state index contributed by atoms with van der Waals surface area (Å²) in [6.07, 6.45) is 1.76. The second-order valence-electron chi connectivity index (χ2n) is 5.14. The minimum absolute atomic E-state index is 0.305. The van der Waals surface area contributed by atoms with Gasteiger partial charge in [0.15, 0.2) is 5.75 Å². The molecule has 0 aliphatic heterocycles. The van der Waals surface area contributed by atoms with Crippen molar-refractivity contribution in [3.63, 3.8) is 0 Å². The number of hydrogen-bond donors (Lipinski definition) is 1. The quantitative estimate of drug-likeness (QED) is 0.905. The van der Waals surface area contributed by atoms with Crippen LogP contribution in [0, 0.1) is 6.92 Å². The van der Waals surface area contributed by atoms with E-state index in [1.807, 2.05) is 31.3 Å². The molecule has 0 spiro atoms. The predicted octanol–water partition coefficient (Wildman–Crippen LogP) is 3.42. The van der Waals surface area contributed by atoms with Gasteiger partial charge in [-0.15, -0.1) is 0 Å². The van der Waals surface area contributed by atoms with Crippen molar-refractivity contribution in [1.29, 1.82) is 0 Å². The molecule has 0 aliphatic carbocycles. The second kappa shape index (κ2) is 6.48. The third-order valence-corrected chi connectivity index (χ3v) is 2.96. The Balaban J connectivity index is 2.27. The fourth-order valence-corrected chi connectivity index (χ4v) is 1.81. The Hall–Kier alpha value is -1.94. The number of benzene rings is 1. The lowest BCUT2D eigenvalue weighted by Crippen LogP contribution is -2.11. The molecule has 0 atom stereocenters. The lowest BCUT2D eigenvalue weighted by Gasteiger charge is -2.12. The van der Waals surface area contributed by atoms with E-state index in [4.69, 9.17) is 4.74 Å². The van der Waals surface area contributed by atoms with Crippen LogP contribution in [0.25, 0.3) is 0 Å². The maximum atomic E-state index is 5.89. The summed E-state index contributed by atoms with van der Waals surface area (Å²) in [5, 5.41) is 3.12. The maximum Gasteiger partial charge on any atom is 0.168 e. The minimum Gasteiger partial charge on any atom is -0.454 e. The van der Waals surface area contributed by atoms with Gasteiger partial charge in [0.25, 0.3) is 0 Å². The first-order valence-corrected chi connectivity index (χ1v) is 6.85. The Labute approximate surface area is 120 Å². The van der Waals surface area contributed by atoms with E-state index in [0.717, 1.165) is 17.3 Å². The molecule has 0 bridgehead atoms. The molecule has 0 saturated heterocycles. The van der Waals surface area contributed by atoms with Gasteiger partial charge in [-0.25, -0.2) is 9.97 Å². The molecular weight excluding hydrogens is 250 g/mol. The molecule has 1 N–H and O–H groups in total. The Morgan fingerprint density at radius 3 is 2.50 bits per heavy atom. The van der Waals surface area contributed by atoms with Gasteiger partial charge >= 0.3 is 0 Å². The molecule has 4 nitrogen and oxygen atoms in total. The molecule has 2 rings (SSSR count). The molecule has 2 aromatic rings. The van der Waals surface area contributed by atoms with Crippen molar-refractivity contribution in [2.24, 2.45) is 0 Å². The monoisotopic (exact) mass is 271 g/mol. The largest absolute Gasteiger partial charge is 0.454 e. The molecule has 0 amide bonds. The van der Waals surface area contributed by atoms with Crippen LogP contribution in [0.15, 0.2) is 30.5 Å². The fraction of sp³-hybridized carbons (Fsp3) is 0.375. The van der Waals surface area contributed by atoms with Gasteiger partial charge < -0.3 is 10.1 Å². The van der Waals surface area contributed by atoms with Gasteiger partial charge in [-0.2, -0.15) is 0 Å². The number of rotatable bonds is 5. The summed E-state index contributed by atoms with van der Waals surface area (Å²) in [5.41, 5.74) is 2.09. The molecule has 0 aliphatic rings. The SMILES string of the molecule is CNCc1nc(C(C)C)ncc1Oc1ccc(C)cc1. The van der Waals surface area contributed by atoms with E-state index in [9.17, 15) is 0 Å². The highest BCUT2D eigenvalue weighted by molar-refractivity contribution is 5.34. The van der Waals surface area contributed by atoms with Crippen LogP contribution in [0.1, 0.15) is 36.8 Å². The molecule has 1 heterocycles. The number of aromatic nitrogens is 2. The normalized spacial score (nSPS) is 10.8. The van der Waals surface area contributed by atoms with Crippen LogP contribution in [0.5, 0.6) is 11.5 Å². The maximum absolute atomic E-state index is 5.89. The van der Waals surface area contributed by atoms with Crippen LogP contribution in [0.2, 0.25) is 0 Å². The van der Waals surface area contributed by atoms with Gasteiger partial charge in [-0.1, -0.05) is 31.5 Å². The molecule has 0 radical (unpaired) electrons. The smallest absolute Gasteiger partial charge is 0.168 e. The molecule has 0 fully saturated rings. The molecule has 1 aromatic carbocycles. The van der Waals surface area contributed by atoms with Crippen LogP contribution in [-0.2, 0) is 6.54 Å². The Kier molecular flexibility index (Phi) is 4.69. The summed E-state index contributed by atoms with van der Waals surface area (Å²) >= 11 is 0. The van der Waals surface area contributed by atoms with Gasteiger partial charge in [0.2, 0.25) is 0 Å². The fourth-order valence-electron chi connectivity index (χ4n) is 1.81. The molecule has 106 valence electrons. The highest BCUT2D eigenvalue weighted by Gasteiger charge is 2.11. The molecule has 0 unspecified atom stereocenters. The number of nitrogens with zero attached hydrogens (tertiary/aromatic N) is 2. The van der Waals surface area contributed by atoms with Crippen molar-refractivity contribution >= 4 is 0 Å². The van der Waals surface area contributed by atoms with E-state index >= 15 is 0 Å². The highest BCUT2D eigenvalue weighted by atomic mass is 16.5. The van der Waals surface area contributed by atoms with Crippen molar-refractivity contribution in [3.05, 3.63) is 47.5 Å². The molecular formula is C16H21N3O. The van der Waals surface area contributed by atoms with Gasteiger partial charge in [-0.3, -0.25) is 0 Å². The summed E-state index contributed by atoms with van der Waals surface area (Å²) in [6.45, 7) is 6.87. The third-order valence-electron chi connectivity index (χ3n) is 2.96. The van der Waals surface area contributed by atoms with Crippen molar-refractivity contribution in [2.75, 3.05) is 7.05 Å². The van der Waals surface area contributed by atoms with Gasteiger partial charge in [-0.05, 0) is 26.1 Å². The Morgan fingerprint density at radius 1 is 1.20 bits per heavy atom. The summed E-state index contributed by atoms with van der Waals surface area (Å²) in [6, 6.07) is 7.95. The van der Waals surface area contributed by atoms with E-state index in [1.165, 1.54) is 5.56 Å². The van der Waals surface area contributed by atoms with E-state index in [1.54, 1.807) is 6.20 Å². The van der Waals surface area contributed by atoms with Crippen LogP contribution >= 0.6 is 0 Å². The van der Waals surface area contributed by atoms with Gasteiger partial charge in [0, 0.05) is 12.5 Å². The van der Waals surface area contributed by atoms with Crippen LogP contribution in [-0.4, -0.2) is 17.0 Å². The van der Waals surface area contributed by atoms with E-state index in [2.05, 4.69) is 36.1 Å². The average Bonchev–Trinajstić information content (AvgIpc) is 2.43. The number of aryl methyl sites for hydroxylation is 1. The zero-order valence-electron chi connectivity index (χ0n) is 12.5. The Bertz CT molecular complexity index is 564. The second-order valence-corrected chi connectivity index (χ2v) is 5.14. The summed E-state index contributed by atoms with van der Waals surface area (Å²) in [5.74, 6) is 2.65. The molecule has 0 saturated carbocycles. The topological polar surface area (TPSA) is 47.0 Å². The first kappa shape index (κ1) is 14.5. The van der Waals surface area contributed by atoms with Crippen molar-refractivity contribution in [3.8, 4) is 11.5 Å². The van der Waals surface area contributed by atoms with Gasteiger partial charge in [0.05, 0.1) is 6.20 Å². The minimum atomic E-state index is 0.305. The summed E-state index contributed by atoms with van der Waals surface area (Å²) in [4.78, 5) is 8.95.